The van der Waals surface area contributed by atoms with E-state index in [9.17, 15) is 4.39 Å². The molecular weight excluding hydrogens is 348 g/mol. The van der Waals surface area contributed by atoms with Crippen LogP contribution in [0.15, 0.2) is 23.2 Å². The fourth-order valence-corrected chi connectivity index (χ4v) is 1.27. The van der Waals surface area contributed by atoms with Gasteiger partial charge in [0.25, 0.3) is 0 Å². The summed E-state index contributed by atoms with van der Waals surface area (Å²) in [5, 5.41) is 12.0. The zero-order valence-corrected chi connectivity index (χ0v) is 12.6. The van der Waals surface area contributed by atoms with Crippen LogP contribution < -0.4 is 11.1 Å². The van der Waals surface area contributed by atoms with E-state index in [1.165, 1.54) is 12.1 Å². The Balaban J connectivity index is 0.00000289. The normalized spacial score (nSPS) is 10.9. The highest BCUT2D eigenvalue weighted by Gasteiger charge is 2.01. The molecule has 0 atom stereocenters. The molecule has 0 unspecified atom stereocenters. The molecule has 0 saturated carbocycles. The van der Waals surface area contributed by atoms with E-state index in [4.69, 9.17) is 10.8 Å². The van der Waals surface area contributed by atoms with Crippen molar-refractivity contribution in [3.63, 3.8) is 0 Å². The number of phenolic OH excluding ortho intramolecular Hbond substituents is 1. The van der Waals surface area contributed by atoms with Gasteiger partial charge in [-0.1, -0.05) is 19.4 Å². The van der Waals surface area contributed by atoms with E-state index in [-0.39, 0.29) is 29.7 Å². The third kappa shape index (κ3) is 6.04. The fourth-order valence-electron chi connectivity index (χ4n) is 1.27. The summed E-state index contributed by atoms with van der Waals surface area (Å²) in [6.45, 7) is 3.17. The maximum Gasteiger partial charge on any atom is 0.188 e. The van der Waals surface area contributed by atoms with Crippen molar-refractivity contribution in [2.75, 3.05) is 6.54 Å². The average Bonchev–Trinajstić information content (AvgIpc) is 2.31. The van der Waals surface area contributed by atoms with E-state index < -0.39 is 5.82 Å². The van der Waals surface area contributed by atoms with Gasteiger partial charge in [-0.05, 0) is 24.1 Å². The summed E-state index contributed by atoms with van der Waals surface area (Å²) in [5.74, 6) is -0.645. The molecule has 0 aliphatic heterocycles. The lowest BCUT2D eigenvalue weighted by Crippen LogP contribution is -2.32. The maximum absolute atomic E-state index is 13.0. The molecule has 4 nitrogen and oxygen atoms in total. The molecule has 0 heterocycles. The predicted octanol–water partition coefficient (Wildman–Crippen LogP) is 2.35. The molecular formula is C12H19FIN3O. The van der Waals surface area contributed by atoms with Crippen LogP contribution in [0, 0.1) is 5.82 Å². The summed E-state index contributed by atoms with van der Waals surface area (Å²) in [4.78, 5) is 4.07. The Hall–Kier alpha value is -1.05. The highest BCUT2D eigenvalue weighted by molar-refractivity contribution is 14.0. The van der Waals surface area contributed by atoms with Crippen LogP contribution in [-0.2, 0) is 6.54 Å². The monoisotopic (exact) mass is 367 g/mol. The number of hydrogen-bond donors (Lipinski definition) is 3. The molecule has 1 aromatic rings. The van der Waals surface area contributed by atoms with Gasteiger partial charge in [0.15, 0.2) is 17.5 Å². The second kappa shape index (κ2) is 8.96. The number of benzene rings is 1. The average molecular weight is 367 g/mol. The van der Waals surface area contributed by atoms with E-state index in [0.717, 1.165) is 19.4 Å². The molecule has 0 bridgehead atoms. The van der Waals surface area contributed by atoms with Crippen molar-refractivity contribution in [3.8, 4) is 5.75 Å². The minimum absolute atomic E-state index is 0. The van der Waals surface area contributed by atoms with Crippen LogP contribution in [0.4, 0.5) is 4.39 Å². The highest BCUT2D eigenvalue weighted by Crippen LogP contribution is 2.16. The highest BCUT2D eigenvalue weighted by atomic mass is 127. The Bertz CT molecular complexity index is 399. The van der Waals surface area contributed by atoms with E-state index in [0.29, 0.717) is 18.1 Å². The molecule has 1 rings (SSSR count). The number of unbranched alkanes of at least 4 members (excludes halogenated alkanes) is 1. The summed E-state index contributed by atoms with van der Waals surface area (Å²) < 4.78 is 13.0. The first-order chi connectivity index (χ1) is 8.13. The smallest absolute Gasteiger partial charge is 0.188 e. The summed E-state index contributed by atoms with van der Waals surface area (Å²) >= 11 is 0. The number of nitrogens with zero attached hydrogens (tertiary/aromatic N) is 1. The van der Waals surface area contributed by atoms with Gasteiger partial charge < -0.3 is 16.2 Å². The molecule has 0 fully saturated rings. The van der Waals surface area contributed by atoms with Gasteiger partial charge in [-0.3, -0.25) is 0 Å². The number of guanidine groups is 1. The Morgan fingerprint density at radius 1 is 1.50 bits per heavy atom. The number of nitrogens with two attached hydrogens (primary N) is 1. The molecule has 4 N–H and O–H groups in total. The second-order valence-electron chi connectivity index (χ2n) is 3.77. The van der Waals surface area contributed by atoms with Crippen LogP contribution in [-0.4, -0.2) is 17.6 Å². The van der Waals surface area contributed by atoms with Crippen LogP contribution in [0.5, 0.6) is 5.75 Å². The van der Waals surface area contributed by atoms with Crippen LogP contribution in [0.2, 0.25) is 0 Å². The lowest BCUT2D eigenvalue weighted by Gasteiger charge is -2.04. The number of phenols is 1. The third-order valence-electron chi connectivity index (χ3n) is 2.28. The minimum atomic E-state index is -0.643. The zero-order chi connectivity index (χ0) is 12.7. The molecule has 6 heteroatoms. The Morgan fingerprint density at radius 2 is 2.22 bits per heavy atom. The lowest BCUT2D eigenvalue weighted by molar-refractivity contribution is 0.432. The summed E-state index contributed by atoms with van der Waals surface area (Å²) in [5.41, 5.74) is 6.29. The predicted molar refractivity (Wildman–Crippen MR) is 81.7 cm³/mol. The van der Waals surface area contributed by atoms with Crippen LogP contribution >= 0.6 is 24.0 Å². The number of aromatic hydroxyl groups is 1. The fraction of sp³-hybridized carbons (Fsp3) is 0.417. The van der Waals surface area contributed by atoms with Crippen LogP contribution in [0.3, 0.4) is 0 Å². The van der Waals surface area contributed by atoms with Gasteiger partial charge in [0.2, 0.25) is 0 Å². The molecule has 0 aliphatic carbocycles. The van der Waals surface area contributed by atoms with Gasteiger partial charge in [-0.2, -0.15) is 0 Å². The second-order valence-corrected chi connectivity index (χ2v) is 3.77. The van der Waals surface area contributed by atoms with Crippen molar-refractivity contribution in [2.45, 2.75) is 26.3 Å². The van der Waals surface area contributed by atoms with Crippen LogP contribution in [0.25, 0.3) is 0 Å². The summed E-state index contributed by atoms with van der Waals surface area (Å²) in [6, 6.07) is 4.17. The van der Waals surface area contributed by atoms with Crippen molar-refractivity contribution in [2.24, 2.45) is 10.7 Å². The quantitative estimate of drug-likeness (QED) is 0.324. The van der Waals surface area contributed by atoms with Gasteiger partial charge in [-0.15, -0.1) is 24.0 Å². The maximum atomic E-state index is 13.0. The number of halogens is 2. The molecule has 0 radical (unpaired) electrons. The number of aliphatic imine (C=N–C) groups is 1. The van der Waals surface area contributed by atoms with Crippen molar-refractivity contribution < 1.29 is 9.50 Å². The number of hydrogen-bond acceptors (Lipinski definition) is 2. The van der Waals surface area contributed by atoms with Gasteiger partial charge >= 0.3 is 0 Å². The molecule has 1 aromatic carbocycles. The largest absolute Gasteiger partial charge is 0.505 e. The SMILES string of the molecule is CCCCNC(N)=NCc1ccc(O)c(F)c1.I. The van der Waals surface area contributed by atoms with E-state index in [1.54, 1.807) is 6.07 Å². The van der Waals surface area contributed by atoms with Gasteiger partial charge in [0.05, 0.1) is 6.54 Å². The third-order valence-corrected chi connectivity index (χ3v) is 2.28. The zero-order valence-electron chi connectivity index (χ0n) is 10.3. The van der Waals surface area contributed by atoms with Gasteiger partial charge in [-0.25, -0.2) is 9.38 Å². The Labute approximate surface area is 124 Å². The lowest BCUT2D eigenvalue weighted by atomic mass is 10.2. The first-order valence-corrected chi connectivity index (χ1v) is 5.64. The molecule has 0 aliphatic rings. The molecule has 0 saturated heterocycles. The Kier molecular flexibility index (Phi) is 8.43. The van der Waals surface area contributed by atoms with Crippen molar-refractivity contribution in [3.05, 3.63) is 29.6 Å². The molecule has 0 aromatic heterocycles. The molecule has 102 valence electrons. The minimum Gasteiger partial charge on any atom is -0.505 e. The summed E-state index contributed by atoms with van der Waals surface area (Å²) in [7, 11) is 0. The van der Waals surface area contributed by atoms with Gasteiger partial charge in [0, 0.05) is 6.54 Å². The van der Waals surface area contributed by atoms with E-state index in [2.05, 4.69) is 17.2 Å². The molecule has 0 spiro atoms. The molecule has 18 heavy (non-hydrogen) atoms. The van der Waals surface area contributed by atoms with Gasteiger partial charge in [0.1, 0.15) is 0 Å². The first-order valence-electron chi connectivity index (χ1n) is 5.64. The first kappa shape index (κ1) is 16.9. The van der Waals surface area contributed by atoms with Crippen LogP contribution in [0.1, 0.15) is 25.3 Å². The summed E-state index contributed by atoms with van der Waals surface area (Å²) in [6.07, 6.45) is 2.12. The number of rotatable bonds is 5. The number of nitrogens with one attached hydrogen (secondary N) is 1. The van der Waals surface area contributed by atoms with E-state index in [1.807, 2.05) is 0 Å². The topological polar surface area (TPSA) is 70.6 Å². The molecule has 0 amide bonds. The van der Waals surface area contributed by atoms with E-state index >= 15 is 0 Å². The standard InChI is InChI=1S/C12H18FN3O.HI/c1-2-3-6-15-12(14)16-8-9-4-5-11(17)10(13)7-9;/h4-5,7,17H,2-3,6,8H2,1H3,(H3,14,15,16);1H. The van der Waals surface area contributed by atoms with Crippen molar-refractivity contribution in [1.29, 1.82) is 0 Å². The Morgan fingerprint density at radius 3 is 2.83 bits per heavy atom. The van der Waals surface area contributed by atoms with Crippen molar-refractivity contribution >= 4 is 29.9 Å². The van der Waals surface area contributed by atoms with Crippen molar-refractivity contribution in [1.82, 2.24) is 5.32 Å².